The van der Waals surface area contributed by atoms with Gasteiger partial charge in [-0.3, -0.25) is 4.98 Å². The summed E-state index contributed by atoms with van der Waals surface area (Å²) in [7, 11) is 0. The Balaban J connectivity index is 0.00000141. The van der Waals surface area contributed by atoms with Crippen LogP contribution in [0.1, 0.15) is 49.6 Å². The number of hydrogen-bond acceptors (Lipinski definition) is 5. The predicted octanol–water partition coefficient (Wildman–Crippen LogP) is 8.93. The number of furan rings is 1. The van der Waals surface area contributed by atoms with Crippen LogP contribution in [0.4, 0.5) is 4.79 Å². The number of alkyl halides is 2. The van der Waals surface area contributed by atoms with Crippen molar-refractivity contribution in [2.75, 3.05) is 18.5 Å². The van der Waals surface area contributed by atoms with Gasteiger partial charge in [-0.05, 0) is 69.5 Å². The van der Waals surface area contributed by atoms with Crippen molar-refractivity contribution in [2.24, 2.45) is 0 Å². The van der Waals surface area contributed by atoms with Gasteiger partial charge in [-0.2, -0.15) is 0 Å². The molecule has 0 aliphatic rings. The van der Waals surface area contributed by atoms with E-state index in [0.29, 0.717) is 26.1 Å². The van der Waals surface area contributed by atoms with Crippen LogP contribution in [0.2, 0.25) is 0 Å². The van der Waals surface area contributed by atoms with Gasteiger partial charge in [0.2, 0.25) is 0 Å². The summed E-state index contributed by atoms with van der Waals surface area (Å²) < 4.78 is 17.9. The Morgan fingerprint density at radius 3 is 2.45 bits per heavy atom. The lowest BCUT2D eigenvalue weighted by atomic mass is 10.1. The molecular weight excluding hydrogens is 547 g/mol. The van der Waals surface area contributed by atoms with E-state index in [4.69, 9.17) is 37.1 Å². The fourth-order valence-electron chi connectivity index (χ4n) is 4.01. The highest BCUT2D eigenvalue weighted by molar-refractivity contribution is 6.40. The molecule has 0 radical (unpaired) electrons. The fourth-order valence-corrected chi connectivity index (χ4v) is 4.01. The monoisotopic (exact) mass is 582 g/mol. The fraction of sp³-hybridized carbons (Fsp3) is 0.312. The van der Waals surface area contributed by atoms with Crippen molar-refractivity contribution in [1.29, 1.82) is 0 Å². The SMILES string of the molecule is Cc1c(C=Cc2ccccc2)oc2cccc(OCCCN(Cc3cccnc3)C(=O)OC(C)(C)C)c12.ClCCl. The smallest absolute Gasteiger partial charge is 0.410 e. The van der Waals surface area contributed by atoms with Crippen LogP contribution in [0.25, 0.3) is 23.1 Å². The Morgan fingerprint density at radius 2 is 1.77 bits per heavy atom. The summed E-state index contributed by atoms with van der Waals surface area (Å²) in [5.74, 6) is 1.58. The molecule has 4 rings (SSSR count). The first-order valence-electron chi connectivity index (χ1n) is 13.1. The minimum Gasteiger partial charge on any atom is -0.493 e. The van der Waals surface area contributed by atoms with E-state index in [0.717, 1.165) is 39.2 Å². The number of ether oxygens (including phenoxy) is 2. The number of hydrogen-bond donors (Lipinski definition) is 0. The highest BCUT2D eigenvalue weighted by Crippen LogP contribution is 2.34. The van der Waals surface area contributed by atoms with E-state index in [2.05, 4.69) is 17.1 Å². The number of aromatic nitrogens is 1. The van der Waals surface area contributed by atoms with Gasteiger partial charge in [-0.15, -0.1) is 23.2 Å². The Bertz CT molecular complexity index is 1370. The molecule has 0 saturated carbocycles. The van der Waals surface area contributed by atoms with Crippen molar-refractivity contribution in [1.82, 2.24) is 9.88 Å². The molecule has 0 atom stereocenters. The number of benzene rings is 2. The first-order chi connectivity index (χ1) is 19.2. The van der Waals surface area contributed by atoms with Crippen LogP contribution in [0.5, 0.6) is 5.75 Å². The number of rotatable bonds is 9. The largest absolute Gasteiger partial charge is 0.493 e. The molecule has 0 N–H and O–H groups in total. The van der Waals surface area contributed by atoms with Crippen LogP contribution in [0.3, 0.4) is 0 Å². The maximum Gasteiger partial charge on any atom is 0.410 e. The number of pyridine rings is 1. The zero-order valence-corrected chi connectivity index (χ0v) is 24.9. The Hall–Kier alpha value is -3.48. The lowest BCUT2D eigenvalue weighted by Gasteiger charge is -2.27. The minimum atomic E-state index is -0.568. The number of carbonyl (C=O) groups excluding carboxylic acids is 1. The second-order valence-electron chi connectivity index (χ2n) is 10.0. The third-order valence-corrected chi connectivity index (χ3v) is 5.76. The number of carbonyl (C=O) groups is 1. The molecular formula is C32H36Cl2N2O4. The molecule has 1 amide bonds. The minimum absolute atomic E-state index is 0.194. The van der Waals surface area contributed by atoms with Crippen molar-refractivity contribution in [3.63, 3.8) is 0 Å². The molecule has 6 nitrogen and oxygen atoms in total. The van der Waals surface area contributed by atoms with Gasteiger partial charge in [0, 0.05) is 24.5 Å². The molecule has 0 spiro atoms. The topological polar surface area (TPSA) is 64.8 Å². The molecule has 40 heavy (non-hydrogen) atoms. The molecule has 212 valence electrons. The van der Waals surface area contributed by atoms with E-state index in [9.17, 15) is 4.79 Å². The number of aryl methyl sites for hydroxylation is 1. The maximum atomic E-state index is 12.8. The van der Waals surface area contributed by atoms with Gasteiger partial charge in [0.15, 0.2) is 0 Å². The van der Waals surface area contributed by atoms with Gasteiger partial charge >= 0.3 is 6.09 Å². The van der Waals surface area contributed by atoms with Crippen LogP contribution in [0.15, 0.2) is 77.5 Å². The number of amides is 1. The predicted molar refractivity (Wildman–Crippen MR) is 164 cm³/mol. The third kappa shape index (κ3) is 9.61. The standard InChI is InChI=1S/C31H34N2O4.CH2Cl2/c1-23-26(17-16-24-11-6-5-7-12-24)36-28-15-8-14-27(29(23)28)35-20-10-19-33(30(34)37-31(2,3)4)22-25-13-9-18-32-21-25;2-1-3/h5-9,11-18,21H,10,19-20,22H2,1-4H3;1H2. The molecule has 2 aromatic carbocycles. The second-order valence-corrected chi connectivity index (χ2v) is 10.8. The normalized spacial score (nSPS) is 11.2. The molecule has 2 aromatic heterocycles. The van der Waals surface area contributed by atoms with Crippen LogP contribution in [0, 0.1) is 6.92 Å². The molecule has 0 saturated heterocycles. The second kappa shape index (κ2) is 15.3. The van der Waals surface area contributed by atoms with Crippen molar-refractivity contribution in [3.05, 3.63) is 95.5 Å². The van der Waals surface area contributed by atoms with Crippen LogP contribution in [-0.2, 0) is 11.3 Å². The van der Waals surface area contributed by atoms with Gasteiger partial charge in [0.05, 0.1) is 23.9 Å². The molecule has 4 aromatic rings. The number of halogens is 2. The van der Waals surface area contributed by atoms with Crippen LogP contribution >= 0.6 is 23.2 Å². The van der Waals surface area contributed by atoms with E-state index in [-0.39, 0.29) is 11.4 Å². The summed E-state index contributed by atoms with van der Waals surface area (Å²) in [6.45, 7) is 9.02. The Morgan fingerprint density at radius 1 is 1.02 bits per heavy atom. The lowest BCUT2D eigenvalue weighted by Crippen LogP contribution is -2.37. The average molecular weight is 584 g/mol. The van der Waals surface area contributed by atoms with Crippen molar-refractivity contribution >= 4 is 52.4 Å². The van der Waals surface area contributed by atoms with E-state index in [1.807, 2.05) is 88.4 Å². The average Bonchev–Trinajstić information content (AvgIpc) is 3.25. The van der Waals surface area contributed by atoms with Gasteiger partial charge in [0.25, 0.3) is 0 Å². The third-order valence-electron chi connectivity index (χ3n) is 5.76. The summed E-state index contributed by atoms with van der Waals surface area (Å²) in [4.78, 5) is 18.7. The highest BCUT2D eigenvalue weighted by Gasteiger charge is 2.22. The van der Waals surface area contributed by atoms with Gasteiger partial charge in [-0.1, -0.05) is 48.5 Å². The van der Waals surface area contributed by atoms with Gasteiger partial charge < -0.3 is 18.8 Å². The maximum absolute atomic E-state index is 12.8. The van der Waals surface area contributed by atoms with Gasteiger partial charge in [0.1, 0.15) is 22.7 Å². The highest BCUT2D eigenvalue weighted by atomic mass is 35.5. The summed E-state index contributed by atoms with van der Waals surface area (Å²) in [6, 6.07) is 19.8. The van der Waals surface area contributed by atoms with Crippen molar-refractivity contribution in [3.8, 4) is 5.75 Å². The van der Waals surface area contributed by atoms with Crippen molar-refractivity contribution in [2.45, 2.75) is 46.3 Å². The summed E-state index contributed by atoms with van der Waals surface area (Å²) in [6.07, 6.45) is 7.81. The molecule has 2 heterocycles. The Labute approximate surface area is 246 Å². The number of fused-ring (bicyclic) bond motifs is 1. The molecule has 8 heteroatoms. The van der Waals surface area contributed by atoms with E-state index >= 15 is 0 Å². The molecule has 0 unspecified atom stereocenters. The lowest BCUT2D eigenvalue weighted by molar-refractivity contribution is 0.0225. The quantitative estimate of drug-likeness (QED) is 0.145. The zero-order valence-electron chi connectivity index (χ0n) is 23.4. The van der Waals surface area contributed by atoms with Crippen LogP contribution in [-0.4, -0.2) is 40.1 Å². The van der Waals surface area contributed by atoms with E-state index in [1.165, 1.54) is 0 Å². The molecule has 0 aliphatic carbocycles. The molecule has 0 bridgehead atoms. The summed E-state index contributed by atoms with van der Waals surface area (Å²) >= 11 is 9.53. The summed E-state index contributed by atoms with van der Waals surface area (Å²) in [5.41, 5.74) is 3.31. The van der Waals surface area contributed by atoms with Gasteiger partial charge in [-0.25, -0.2) is 4.79 Å². The number of nitrogens with zero attached hydrogens (tertiary/aromatic N) is 2. The zero-order chi connectivity index (χ0) is 29.0. The van der Waals surface area contributed by atoms with E-state index < -0.39 is 5.60 Å². The molecule has 0 fully saturated rings. The first-order valence-corrected chi connectivity index (χ1v) is 14.2. The summed E-state index contributed by atoms with van der Waals surface area (Å²) in [5, 5.41) is 1.16. The van der Waals surface area contributed by atoms with Crippen LogP contribution < -0.4 is 4.74 Å². The first kappa shape index (κ1) is 31.1. The van der Waals surface area contributed by atoms with Crippen molar-refractivity contribution < 1.29 is 18.7 Å². The Kier molecular flexibility index (Phi) is 11.9. The molecule has 0 aliphatic heterocycles. The van der Waals surface area contributed by atoms with E-state index in [1.54, 1.807) is 17.3 Å².